The molecule has 1 heterocycles. The zero-order chi connectivity index (χ0) is 13.8. The number of carboxylic acids is 1. The number of furan rings is 1. The Kier molecular flexibility index (Phi) is 4.27. The summed E-state index contributed by atoms with van der Waals surface area (Å²) in [5.74, 6) is -0.126. The van der Waals surface area contributed by atoms with Crippen LogP contribution < -0.4 is 4.90 Å². The molecule has 0 aliphatic rings. The quantitative estimate of drug-likeness (QED) is 0.910. The summed E-state index contributed by atoms with van der Waals surface area (Å²) in [6.07, 6.45) is 1.61. The molecular formula is C14H14BrNO3. The first kappa shape index (κ1) is 13.7. The van der Waals surface area contributed by atoms with Crippen molar-refractivity contribution in [3.05, 3.63) is 52.4 Å². The molecule has 1 aromatic heterocycles. The standard InChI is InChI=1S/C14H14BrNO3/c1-2-16(9-11-4-3-7-19-11)13-8-10(15)5-6-12(13)14(17)18/h3-8H,2,9H2,1H3,(H,17,18). The van der Waals surface area contributed by atoms with Gasteiger partial charge in [-0.3, -0.25) is 0 Å². The molecule has 4 nitrogen and oxygen atoms in total. The number of carbonyl (C=O) groups is 1. The lowest BCUT2D eigenvalue weighted by Gasteiger charge is -2.24. The molecule has 100 valence electrons. The maximum Gasteiger partial charge on any atom is 0.337 e. The van der Waals surface area contributed by atoms with Crippen LogP contribution in [0.25, 0.3) is 0 Å². The van der Waals surface area contributed by atoms with E-state index in [9.17, 15) is 9.90 Å². The fourth-order valence-corrected chi connectivity index (χ4v) is 2.25. The Morgan fingerprint density at radius 3 is 2.79 bits per heavy atom. The summed E-state index contributed by atoms with van der Waals surface area (Å²) >= 11 is 3.38. The van der Waals surface area contributed by atoms with Gasteiger partial charge in [-0.05, 0) is 37.3 Å². The molecule has 0 saturated carbocycles. The summed E-state index contributed by atoms with van der Waals surface area (Å²) in [5.41, 5.74) is 0.970. The molecule has 0 atom stereocenters. The van der Waals surface area contributed by atoms with E-state index in [2.05, 4.69) is 15.9 Å². The molecule has 5 heteroatoms. The highest BCUT2D eigenvalue weighted by atomic mass is 79.9. The molecule has 0 radical (unpaired) electrons. The average molecular weight is 324 g/mol. The van der Waals surface area contributed by atoms with Gasteiger partial charge in [-0.25, -0.2) is 4.79 Å². The van der Waals surface area contributed by atoms with Crippen LogP contribution in [0, 0.1) is 0 Å². The zero-order valence-corrected chi connectivity index (χ0v) is 12.1. The van der Waals surface area contributed by atoms with E-state index in [1.165, 1.54) is 0 Å². The molecule has 0 unspecified atom stereocenters. The van der Waals surface area contributed by atoms with Crippen LogP contribution in [0.1, 0.15) is 23.0 Å². The van der Waals surface area contributed by atoms with Gasteiger partial charge in [-0.15, -0.1) is 0 Å². The maximum absolute atomic E-state index is 11.3. The highest BCUT2D eigenvalue weighted by Crippen LogP contribution is 2.26. The van der Waals surface area contributed by atoms with Crippen LogP contribution in [0.2, 0.25) is 0 Å². The Hall–Kier alpha value is -1.75. The van der Waals surface area contributed by atoms with Crippen LogP contribution in [-0.2, 0) is 6.54 Å². The van der Waals surface area contributed by atoms with E-state index in [4.69, 9.17) is 4.42 Å². The summed E-state index contributed by atoms with van der Waals surface area (Å²) in [6, 6.07) is 8.85. The molecule has 0 saturated heterocycles. The van der Waals surface area contributed by atoms with E-state index in [1.54, 1.807) is 18.4 Å². The lowest BCUT2D eigenvalue weighted by molar-refractivity contribution is 0.0697. The first-order chi connectivity index (χ1) is 9.11. The molecule has 19 heavy (non-hydrogen) atoms. The van der Waals surface area contributed by atoms with Crippen molar-refractivity contribution in [2.24, 2.45) is 0 Å². The number of halogens is 1. The largest absolute Gasteiger partial charge is 0.478 e. The maximum atomic E-state index is 11.3. The minimum Gasteiger partial charge on any atom is -0.478 e. The van der Waals surface area contributed by atoms with Crippen LogP contribution in [0.3, 0.4) is 0 Å². The molecular weight excluding hydrogens is 310 g/mol. The summed E-state index contributed by atoms with van der Waals surface area (Å²) in [5, 5.41) is 9.26. The fourth-order valence-electron chi connectivity index (χ4n) is 1.91. The van der Waals surface area contributed by atoms with Gasteiger partial charge >= 0.3 is 5.97 Å². The predicted molar refractivity (Wildman–Crippen MR) is 76.5 cm³/mol. The van der Waals surface area contributed by atoms with E-state index in [0.29, 0.717) is 18.8 Å². The third-order valence-electron chi connectivity index (χ3n) is 2.84. The number of anilines is 1. The minimum atomic E-state index is -0.930. The Balaban J connectivity index is 2.36. The van der Waals surface area contributed by atoms with Gasteiger partial charge in [0, 0.05) is 11.0 Å². The Bertz CT molecular complexity index is 566. The Labute approximate surface area is 119 Å². The van der Waals surface area contributed by atoms with Crippen LogP contribution >= 0.6 is 15.9 Å². The second kappa shape index (κ2) is 5.93. The predicted octanol–water partition coefficient (Wildman–Crippen LogP) is 3.77. The monoisotopic (exact) mass is 323 g/mol. The van der Waals surface area contributed by atoms with Gasteiger partial charge in [0.05, 0.1) is 24.1 Å². The molecule has 0 amide bonds. The van der Waals surface area contributed by atoms with Crippen molar-refractivity contribution >= 4 is 27.6 Å². The second-order valence-corrected chi connectivity index (χ2v) is 4.98. The number of hydrogen-bond donors (Lipinski definition) is 1. The normalized spacial score (nSPS) is 10.4. The number of benzene rings is 1. The fraction of sp³-hybridized carbons (Fsp3) is 0.214. The smallest absolute Gasteiger partial charge is 0.337 e. The van der Waals surface area contributed by atoms with Gasteiger partial charge in [0.15, 0.2) is 0 Å². The van der Waals surface area contributed by atoms with Crippen molar-refractivity contribution in [2.45, 2.75) is 13.5 Å². The molecule has 0 aliphatic carbocycles. The van der Waals surface area contributed by atoms with Crippen LogP contribution in [-0.4, -0.2) is 17.6 Å². The third kappa shape index (κ3) is 3.17. The molecule has 0 fully saturated rings. The van der Waals surface area contributed by atoms with Gasteiger partial charge in [-0.2, -0.15) is 0 Å². The number of carboxylic acid groups (broad SMARTS) is 1. The van der Waals surface area contributed by atoms with E-state index in [-0.39, 0.29) is 5.56 Å². The number of hydrogen-bond acceptors (Lipinski definition) is 3. The van der Waals surface area contributed by atoms with E-state index >= 15 is 0 Å². The highest BCUT2D eigenvalue weighted by molar-refractivity contribution is 9.10. The third-order valence-corrected chi connectivity index (χ3v) is 3.33. The van der Waals surface area contributed by atoms with Crippen LogP contribution in [0.5, 0.6) is 0 Å². The first-order valence-corrected chi connectivity index (χ1v) is 6.71. The Morgan fingerprint density at radius 1 is 1.42 bits per heavy atom. The van der Waals surface area contributed by atoms with Gasteiger partial charge in [0.25, 0.3) is 0 Å². The molecule has 0 bridgehead atoms. The van der Waals surface area contributed by atoms with Crippen molar-refractivity contribution in [3.63, 3.8) is 0 Å². The summed E-state index contributed by atoms with van der Waals surface area (Å²) < 4.78 is 6.17. The summed E-state index contributed by atoms with van der Waals surface area (Å²) in [4.78, 5) is 13.3. The molecule has 2 aromatic rings. The van der Waals surface area contributed by atoms with Crippen LogP contribution in [0.15, 0.2) is 45.5 Å². The van der Waals surface area contributed by atoms with E-state index in [0.717, 1.165) is 10.2 Å². The first-order valence-electron chi connectivity index (χ1n) is 5.92. The van der Waals surface area contributed by atoms with Gasteiger partial charge in [-0.1, -0.05) is 15.9 Å². The number of aromatic carboxylic acids is 1. The van der Waals surface area contributed by atoms with Crippen molar-refractivity contribution in [1.82, 2.24) is 0 Å². The average Bonchev–Trinajstić information content (AvgIpc) is 2.88. The lowest BCUT2D eigenvalue weighted by atomic mass is 10.1. The topological polar surface area (TPSA) is 53.7 Å². The molecule has 1 aromatic carbocycles. The molecule has 0 spiro atoms. The van der Waals surface area contributed by atoms with Crippen molar-refractivity contribution < 1.29 is 14.3 Å². The van der Waals surface area contributed by atoms with Gasteiger partial charge < -0.3 is 14.4 Å². The zero-order valence-electron chi connectivity index (χ0n) is 10.5. The SMILES string of the molecule is CCN(Cc1ccco1)c1cc(Br)ccc1C(=O)O. The van der Waals surface area contributed by atoms with Gasteiger partial charge in [0.2, 0.25) is 0 Å². The van der Waals surface area contributed by atoms with Crippen molar-refractivity contribution in [2.75, 3.05) is 11.4 Å². The lowest BCUT2D eigenvalue weighted by Crippen LogP contribution is -2.24. The molecule has 1 N–H and O–H groups in total. The van der Waals surface area contributed by atoms with Crippen molar-refractivity contribution in [1.29, 1.82) is 0 Å². The molecule has 0 aliphatic heterocycles. The highest BCUT2D eigenvalue weighted by Gasteiger charge is 2.16. The van der Waals surface area contributed by atoms with E-state index in [1.807, 2.05) is 30.0 Å². The van der Waals surface area contributed by atoms with Crippen molar-refractivity contribution in [3.8, 4) is 0 Å². The number of nitrogens with zero attached hydrogens (tertiary/aromatic N) is 1. The summed E-state index contributed by atoms with van der Waals surface area (Å²) in [6.45, 7) is 3.22. The summed E-state index contributed by atoms with van der Waals surface area (Å²) in [7, 11) is 0. The Morgan fingerprint density at radius 2 is 2.21 bits per heavy atom. The minimum absolute atomic E-state index is 0.289. The second-order valence-electron chi connectivity index (χ2n) is 4.06. The van der Waals surface area contributed by atoms with E-state index < -0.39 is 5.97 Å². The number of rotatable bonds is 5. The molecule has 2 rings (SSSR count). The van der Waals surface area contributed by atoms with Gasteiger partial charge in [0.1, 0.15) is 5.76 Å². The van der Waals surface area contributed by atoms with Crippen LogP contribution in [0.4, 0.5) is 5.69 Å².